The van der Waals surface area contributed by atoms with E-state index in [1.165, 1.54) is 0 Å². The van der Waals surface area contributed by atoms with E-state index in [0.717, 1.165) is 58.6 Å². The molecule has 2 atom stereocenters. The third kappa shape index (κ3) is 10.0. The second kappa shape index (κ2) is 15.4. The van der Waals surface area contributed by atoms with Crippen LogP contribution in [0.25, 0.3) is 11.1 Å². The van der Waals surface area contributed by atoms with Gasteiger partial charge < -0.3 is 20.1 Å². The molecular formula is C31H41N3O6S2. The van der Waals surface area contributed by atoms with E-state index in [4.69, 9.17) is 4.74 Å². The highest BCUT2D eigenvalue weighted by molar-refractivity contribution is 7.90. The number of unbranched alkanes of at least 4 members (excludes halogenated alkanes) is 1. The maximum atomic E-state index is 13.4. The maximum absolute atomic E-state index is 13.4. The van der Waals surface area contributed by atoms with Crippen LogP contribution in [0.2, 0.25) is 0 Å². The molecule has 3 aromatic rings. The van der Waals surface area contributed by atoms with Gasteiger partial charge >= 0.3 is 5.97 Å². The van der Waals surface area contributed by atoms with Gasteiger partial charge in [0.2, 0.25) is 0 Å². The lowest BCUT2D eigenvalue weighted by molar-refractivity contribution is -0.139. The molecule has 11 heteroatoms. The molecule has 0 bridgehead atoms. The molecule has 0 aliphatic heterocycles. The van der Waals surface area contributed by atoms with Gasteiger partial charge in [0.25, 0.3) is 5.91 Å². The van der Waals surface area contributed by atoms with Crippen LogP contribution in [0, 0.1) is 6.92 Å². The van der Waals surface area contributed by atoms with Gasteiger partial charge in [-0.2, -0.15) is 0 Å². The van der Waals surface area contributed by atoms with Crippen molar-refractivity contribution in [3.05, 3.63) is 75.2 Å². The van der Waals surface area contributed by atoms with Crippen LogP contribution in [-0.2, 0) is 32.5 Å². The van der Waals surface area contributed by atoms with E-state index >= 15 is 0 Å². The normalized spacial score (nSPS) is 13.2. The molecule has 0 aliphatic carbocycles. The average molecular weight is 616 g/mol. The van der Waals surface area contributed by atoms with Gasteiger partial charge in [0.05, 0.1) is 23.3 Å². The fourth-order valence-corrected chi connectivity index (χ4v) is 6.30. The molecule has 0 spiro atoms. The summed E-state index contributed by atoms with van der Waals surface area (Å²) in [7, 11) is 0.634. The number of carboxylic acid groups (broad SMARTS) is 1. The molecule has 1 amide bonds. The summed E-state index contributed by atoms with van der Waals surface area (Å²) in [6, 6.07) is 11.7. The van der Waals surface area contributed by atoms with Crippen molar-refractivity contribution in [1.29, 1.82) is 0 Å². The van der Waals surface area contributed by atoms with Gasteiger partial charge in [-0.1, -0.05) is 50.1 Å². The van der Waals surface area contributed by atoms with Crippen LogP contribution in [0.5, 0.6) is 0 Å². The highest BCUT2D eigenvalue weighted by atomic mass is 32.2. The topological polar surface area (TPSA) is 126 Å². The molecule has 2 N–H and O–H groups in total. The molecule has 0 saturated carbocycles. The molecule has 0 aliphatic rings. The van der Waals surface area contributed by atoms with E-state index < -0.39 is 27.8 Å². The molecule has 0 unspecified atom stereocenters. The van der Waals surface area contributed by atoms with Crippen molar-refractivity contribution < 1.29 is 27.9 Å². The largest absolute Gasteiger partial charge is 0.480 e. The predicted octanol–water partition coefficient (Wildman–Crippen LogP) is 5.25. The van der Waals surface area contributed by atoms with Crippen LogP contribution >= 0.6 is 11.3 Å². The minimum absolute atomic E-state index is 0.102. The lowest BCUT2D eigenvalue weighted by atomic mass is 9.93. The first kappa shape index (κ1) is 33.4. The molecule has 1 heterocycles. The third-order valence-electron chi connectivity index (χ3n) is 6.76. The van der Waals surface area contributed by atoms with E-state index in [1.54, 1.807) is 17.4 Å². The Morgan fingerprint density at radius 2 is 1.86 bits per heavy atom. The number of sulfone groups is 1. The first-order chi connectivity index (χ1) is 19.9. The number of amides is 1. The number of aromatic nitrogens is 1. The molecule has 3 rings (SSSR count). The fourth-order valence-electron chi connectivity index (χ4n) is 4.51. The number of aryl methyl sites for hydroxylation is 1. The Morgan fingerprint density at radius 1 is 1.12 bits per heavy atom. The van der Waals surface area contributed by atoms with E-state index in [9.17, 15) is 23.1 Å². The highest BCUT2D eigenvalue weighted by Crippen LogP contribution is 2.32. The number of benzene rings is 2. The molecule has 9 nitrogen and oxygen atoms in total. The number of ether oxygens (including phenoxy) is 1. The van der Waals surface area contributed by atoms with Crippen molar-refractivity contribution in [2.45, 2.75) is 64.8 Å². The summed E-state index contributed by atoms with van der Waals surface area (Å²) in [6.07, 6.45) is 5.55. The second-order valence-corrected chi connectivity index (χ2v) is 14.2. The third-order valence-corrected chi connectivity index (χ3v) is 8.81. The highest BCUT2D eigenvalue weighted by Gasteiger charge is 2.24. The summed E-state index contributed by atoms with van der Waals surface area (Å²) in [4.78, 5) is 32.9. The van der Waals surface area contributed by atoms with Gasteiger partial charge in [-0.3, -0.25) is 4.79 Å². The van der Waals surface area contributed by atoms with Crippen molar-refractivity contribution in [2.24, 2.45) is 0 Å². The van der Waals surface area contributed by atoms with Gasteiger partial charge in [0.1, 0.15) is 20.9 Å². The van der Waals surface area contributed by atoms with E-state index in [2.05, 4.69) is 22.1 Å². The monoisotopic (exact) mass is 615 g/mol. The minimum Gasteiger partial charge on any atom is -0.480 e. The van der Waals surface area contributed by atoms with Gasteiger partial charge in [0.15, 0.2) is 0 Å². The lowest BCUT2D eigenvalue weighted by Gasteiger charge is -2.19. The number of carbonyl (C=O) groups is 2. The summed E-state index contributed by atoms with van der Waals surface area (Å²) in [5.41, 5.74) is 3.62. The number of nitrogens with zero attached hydrogens (tertiary/aromatic N) is 2. The van der Waals surface area contributed by atoms with Gasteiger partial charge in [0, 0.05) is 24.6 Å². The van der Waals surface area contributed by atoms with Crippen LogP contribution < -0.4 is 5.32 Å². The smallest absolute Gasteiger partial charge is 0.326 e. The molecule has 42 heavy (non-hydrogen) atoms. The van der Waals surface area contributed by atoms with Crippen LogP contribution in [0.15, 0.2) is 48.7 Å². The average Bonchev–Trinajstić information content (AvgIpc) is 3.38. The summed E-state index contributed by atoms with van der Waals surface area (Å²) in [6.45, 7) is 5.19. The molecular weight excluding hydrogens is 574 g/mol. The molecule has 2 aromatic carbocycles. The summed E-state index contributed by atoms with van der Waals surface area (Å²) >= 11 is 1.66. The first-order valence-corrected chi connectivity index (χ1v) is 16.9. The number of carbonyl (C=O) groups excluding carboxylic acids is 1. The number of thiazole rings is 1. The van der Waals surface area contributed by atoms with Crippen molar-refractivity contribution in [3.63, 3.8) is 0 Å². The zero-order valence-corrected chi connectivity index (χ0v) is 26.6. The van der Waals surface area contributed by atoms with Crippen molar-refractivity contribution in [1.82, 2.24) is 15.2 Å². The summed E-state index contributed by atoms with van der Waals surface area (Å²) in [5.74, 6) is -2.22. The van der Waals surface area contributed by atoms with E-state index in [0.29, 0.717) is 17.7 Å². The number of aliphatic carboxylic acids is 1. The molecule has 0 fully saturated rings. The number of nitrogens with one attached hydrogen (secondary N) is 1. The Bertz CT molecular complexity index is 1470. The van der Waals surface area contributed by atoms with Gasteiger partial charge in [-0.15, -0.1) is 11.3 Å². The van der Waals surface area contributed by atoms with Crippen molar-refractivity contribution in [3.8, 4) is 11.1 Å². The predicted molar refractivity (Wildman–Crippen MR) is 166 cm³/mol. The molecule has 228 valence electrons. The number of carboxylic acids is 1. The Labute approximate surface area is 252 Å². The Hall–Kier alpha value is -3.12. The van der Waals surface area contributed by atoms with Crippen molar-refractivity contribution >= 4 is 33.1 Å². The Kier molecular flexibility index (Phi) is 12.2. The molecule has 0 saturated heterocycles. The van der Waals surface area contributed by atoms with E-state index in [-0.39, 0.29) is 18.3 Å². The Morgan fingerprint density at radius 3 is 2.50 bits per heavy atom. The van der Waals surface area contributed by atoms with E-state index in [1.807, 2.05) is 63.6 Å². The molecule has 1 aromatic heterocycles. The first-order valence-electron chi connectivity index (χ1n) is 14.0. The fraction of sp³-hybridized carbons (Fsp3) is 0.452. The maximum Gasteiger partial charge on any atom is 0.326 e. The lowest BCUT2D eigenvalue weighted by Crippen LogP contribution is -2.42. The molecule has 0 radical (unpaired) electrons. The van der Waals surface area contributed by atoms with Crippen LogP contribution in [-0.4, -0.2) is 67.4 Å². The number of hydrogen-bond donors (Lipinski definition) is 2. The SMILES string of the molecule is CCCC[C@@H](OCc1ccc(C(=O)N[C@@H](CCS(C)(=O)=O)C(=O)O)c(-c2ccccc2C)c1)c1cnc(CN(C)C)s1. The quantitative estimate of drug-likeness (QED) is 0.224. The van der Waals surface area contributed by atoms with Crippen LogP contribution in [0.4, 0.5) is 0 Å². The van der Waals surface area contributed by atoms with Gasteiger partial charge in [-0.05, 0) is 68.2 Å². The minimum atomic E-state index is -3.39. The zero-order valence-electron chi connectivity index (χ0n) is 24.9. The Balaban J connectivity index is 1.89. The summed E-state index contributed by atoms with van der Waals surface area (Å²) in [5, 5.41) is 13.2. The standard InChI is InChI=1S/C31H41N3O6S2/c1-6-7-12-27(28-18-32-29(41-28)19-34(3)4)40-20-22-13-14-24(25(17-22)23-11-9-8-10-21(23)2)30(35)33-26(31(36)37)15-16-42(5,38)39/h8-11,13-14,17-18,26-27H,6-7,12,15-16,19-20H2,1-5H3,(H,33,35)(H,36,37)/t26-,27+/m0/s1. The number of hydrogen-bond acceptors (Lipinski definition) is 8. The zero-order chi connectivity index (χ0) is 30.9. The van der Waals surface area contributed by atoms with Crippen molar-refractivity contribution in [2.75, 3.05) is 26.1 Å². The number of rotatable bonds is 16. The summed E-state index contributed by atoms with van der Waals surface area (Å²) < 4.78 is 29.7. The van der Waals surface area contributed by atoms with Crippen LogP contribution in [0.3, 0.4) is 0 Å². The van der Waals surface area contributed by atoms with Crippen LogP contribution in [0.1, 0.15) is 70.1 Å². The van der Waals surface area contributed by atoms with Gasteiger partial charge in [-0.25, -0.2) is 18.2 Å². The second-order valence-electron chi connectivity index (χ2n) is 10.8.